The van der Waals surface area contributed by atoms with Crippen LogP contribution in [0, 0.1) is 0 Å². The average Bonchev–Trinajstić information content (AvgIpc) is 3.42. The first-order chi connectivity index (χ1) is 13.9. The lowest BCUT2D eigenvalue weighted by Crippen LogP contribution is -3.14. The van der Waals surface area contributed by atoms with Crippen LogP contribution in [0.2, 0.25) is 0 Å². The number of H-pyrrole nitrogens is 1. The number of benzene rings is 1. The van der Waals surface area contributed by atoms with E-state index in [0.29, 0.717) is 0 Å². The van der Waals surface area contributed by atoms with Crippen molar-refractivity contribution in [2.45, 2.75) is 6.54 Å². The summed E-state index contributed by atoms with van der Waals surface area (Å²) in [6.07, 6.45) is 6.51. The molecule has 2 N–H and O–H groups in total. The first-order valence-electron chi connectivity index (χ1n) is 9.92. The van der Waals surface area contributed by atoms with Crippen LogP contribution in [0.15, 0.2) is 65.7 Å². The second-order valence-corrected chi connectivity index (χ2v) is 8.17. The molecule has 0 aliphatic carbocycles. The van der Waals surface area contributed by atoms with Gasteiger partial charge < -0.3 is 14.2 Å². The van der Waals surface area contributed by atoms with Gasteiger partial charge in [0, 0.05) is 33.8 Å². The first-order valence-corrected chi connectivity index (χ1v) is 10.9. The molecular formula is C23H25N3OS+2. The number of pyridine rings is 1. The number of nitrogens with one attached hydrogen (secondary N) is 2. The number of aromatic amines is 1. The number of rotatable bonds is 5. The van der Waals surface area contributed by atoms with Crippen molar-refractivity contribution < 1.29 is 14.6 Å². The summed E-state index contributed by atoms with van der Waals surface area (Å²) < 4.78 is 7.92. The van der Waals surface area contributed by atoms with Crippen LogP contribution in [-0.2, 0) is 11.3 Å². The summed E-state index contributed by atoms with van der Waals surface area (Å²) in [5.41, 5.74) is 6.33. The second-order valence-electron chi connectivity index (χ2n) is 7.39. The van der Waals surface area contributed by atoms with E-state index in [9.17, 15) is 0 Å². The molecule has 3 aromatic heterocycles. The van der Waals surface area contributed by atoms with Crippen molar-refractivity contribution in [1.82, 2.24) is 4.57 Å². The van der Waals surface area contributed by atoms with Crippen LogP contribution < -0.4 is 9.88 Å². The van der Waals surface area contributed by atoms with E-state index in [0.717, 1.165) is 39.4 Å². The SMILES string of the molecule is c1ccc2c(c1)c(-c1c[nH+]cc(-c3ccsc3)c1)cn2CC[NH+]1CCOCC1. The molecule has 5 heteroatoms. The van der Waals surface area contributed by atoms with Crippen molar-refractivity contribution in [1.29, 1.82) is 0 Å². The first kappa shape index (κ1) is 17.6. The molecule has 142 valence electrons. The Hall–Kier alpha value is -2.47. The van der Waals surface area contributed by atoms with Gasteiger partial charge in [-0.1, -0.05) is 18.2 Å². The number of thiophene rings is 1. The molecule has 5 rings (SSSR count). The second kappa shape index (κ2) is 7.87. The molecular weight excluding hydrogens is 366 g/mol. The van der Waals surface area contributed by atoms with Crippen LogP contribution in [0.1, 0.15) is 0 Å². The Bertz CT molecular complexity index is 1060. The molecule has 4 nitrogen and oxygen atoms in total. The number of ether oxygens (including phenoxy) is 1. The molecule has 0 amide bonds. The monoisotopic (exact) mass is 391 g/mol. The van der Waals surface area contributed by atoms with Crippen LogP contribution in [0.3, 0.4) is 0 Å². The quantitative estimate of drug-likeness (QED) is 0.558. The van der Waals surface area contributed by atoms with Gasteiger partial charge in [-0.15, -0.1) is 0 Å². The molecule has 0 bridgehead atoms. The Morgan fingerprint density at radius 3 is 2.75 bits per heavy atom. The number of para-hydroxylation sites is 1. The molecule has 0 unspecified atom stereocenters. The lowest BCUT2D eigenvalue weighted by molar-refractivity contribution is -0.908. The van der Waals surface area contributed by atoms with Gasteiger partial charge in [-0.25, -0.2) is 4.98 Å². The predicted octanol–water partition coefficient (Wildman–Crippen LogP) is 2.77. The number of morpholine rings is 1. The van der Waals surface area contributed by atoms with Gasteiger partial charge in [0.2, 0.25) is 0 Å². The molecule has 1 aliphatic rings. The molecule has 4 aromatic rings. The highest BCUT2D eigenvalue weighted by Gasteiger charge is 2.16. The number of aromatic nitrogens is 2. The fourth-order valence-corrected chi connectivity index (χ4v) is 4.74. The maximum Gasteiger partial charge on any atom is 0.174 e. The van der Waals surface area contributed by atoms with Crippen LogP contribution in [0.25, 0.3) is 33.2 Å². The van der Waals surface area contributed by atoms with Gasteiger partial charge in [0.05, 0.1) is 26.3 Å². The largest absolute Gasteiger partial charge is 0.370 e. The van der Waals surface area contributed by atoms with Gasteiger partial charge in [0.25, 0.3) is 0 Å². The van der Waals surface area contributed by atoms with Crippen molar-refractivity contribution >= 4 is 22.2 Å². The third-order valence-electron chi connectivity index (χ3n) is 5.65. The zero-order valence-electron chi connectivity index (χ0n) is 15.9. The molecule has 1 fully saturated rings. The topological polar surface area (TPSA) is 32.7 Å². The summed E-state index contributed by atoms with van der Waals surface area (Å²) in [6, 6.07) is 13.2. The van der Waals surface area contributed by atoms with Crippen LogP contribution >= 0.6 is 11.3 Å². The van der Waals surface area contributed by atoms with E-state index < -0.39 is 0 Å². The molecule has 4 heterocycles. The molecule has 1 aliphatic heterocycles. The molecule has 0 saturated carbocycles. The normalized spacial score (nSPS) is 15.3. The maximum absolute atomic E-state index is 5.50. The van der Waals surface area contributed by atoms with E-state index in [1.165, 1.54) is 33.2 Å². The summed E-state index contributed by atoms with van der Waals surface area (Å²) >= 11 is 1.73. The van der Waals surface area contributed by atoms with Crippen LogP contribution in [0.5, 0.6) is 0 Å². The third-order valence-corrected chi connectivity index (χ3v) is 6.33. The van der Waals surface area contributed by atoms with Gasteiger partial charge in [-0.2, -0.15) is 11.3 Å². The molecule has 28 heavy (non-hydrogen) atoms. The Balaban J connectivity index is 1.49. The van der Waals surface area contributed by atoms with Crippen molar-refractivity contribution in [2.75, 3.05) is 32.8 Å². The lowest BCUT2D eigenvalue weighted by atomic mass is 10.0. The molecule has 1 saturated heterocycles. The average molecular weight is 392 g/mol. The zero-order valence-corrected chi connectivity index (χ0v) is 16.7. The summed E-state index contributed by atoms with van der Waals surface area (Å²) in [6.45, 7) is 6.18. The standard InChI is InChI=1S/C23H23N3OS/c1-2-4-23-21(3-1)22(16-26(23)7-6-25-8-10-27-11-9-25)20-13-19(14-24-15-20)18-5-12-28-17-18/h1-5,12-17H,6-11H2/p+2. The Morgan fingerprint density at radius 2 is 1.89 bits per heavy atom. The molecule has 1 aromatic carbocycles. The summed E-state index contributed by atoms with van der Waals surface area (Å²) in [4.78, 5) is 4.99. The van der Waals surface area contributed by atoms with Crippen molar-refractivity contribution in [3.8, 4) is 22.3 Å². The minimum Gasteiger partial charge on any atom is -0.370 e. The Morgan fingerprint density at radius 1 is 1.04 bits per heavy atom. The smallest absolute Gasteiger partial charge is 0.174 e. The van der Waals surface area contributed by atoms with Gasteiger partial charge in [0.15, 0.2) is 12.4 Å². The number of nitrogens with zero attached hydrogens (tertiary/aromatic N) is 1. The van der Waals surface area contributed by atoms with Crippen LogP contribution in [-0.4, -0.2) is 37.4 Å². The predicted molar refractivity (Wildman–Crippen MR) is 114 cm³/mol. The van der Waals surface area contributed by atoms with E-state index in [2.05, 4.69) is 75.3 Å². The fourth-order valence-electron chi connectivity index (χ4n) is 4.07. The number of hydrogen-bond acceptors (Lipinski definition) is 2. The minimum absolute atomic E-state index is 0.887. The highest BCUT2D eigenvalue weighted by atomic mass is 32.1. The van der Waals surface area contributed by atoms with E-state index >= 15 is 0 Å². The molecule has 0 spiro atoms. The van der Waals surface area contributed by atoms with Gasteiger partial charge in [0.1, 0.15) is 13.1 Å². The van der Waals surface area contributed by atoms with E-state index in [1.807, 2.05) is 0 Å². The lowest BCUT2D eigenvalue weighted by Gasteiger charge is -2.23. The molecule has 0 radical (unpaired) electrons. The van der Waals surface area contributed by atoms with Gasteiger partial charge in [-0.05, 0) is 34.5 Å². The minimum atomic E-state index is 0.887. The van der Waals surface area contributed by atoms with E-state index in [4.69, 9.17) is 4.74 Å². The highest BCUT2D eigenvalue weighted by molar-refractivity contribution is 7.08. The van der Waals surface area contributed by atoms with Gasteiger partial charge in [-0.3, -0.25) is 0 Å². The van der Waals surface area contributed by atoms with E-state index in [-0.39, 0.29) is 0 Å². The van der Waals surface area contributed by atoms with Crippen molar-refractivity contribution in [3.63, 3.8) is 0 Å². The Kier molecular flexibility index (Phi) is 4.95. The number of quaternary nitrogens is 1. The fraction of sp³-hybridized carbons (Fsp3) is 0.261. The number of hydrogen-bond donors (Lipinski definition) is 1. The number of fused-ring (bicyclic) bond motifs is 1. The summed E-state index contributed by atoms with van der Waals surface area (Å²) in [5, 5.41) is 5.64. The van der Waals surface area contributed by atoms with Crippen molar-refractivity contribution in [2.24, 2.45) is 0 Å². The Labute approximate surface area is 169 Å². The highest BCUT2D eigenvalue weighted by Crippen LogP contribution is 2.32. The summed E-state index contributed by atoms with van der Waals surface area (Å²) in [5.74, 6) is 0. The summed E-state index contributed by atoms with van der Waals surface area (Å²) in [7, 11) is 0. The van der Waals surface area contributed by atoms with Crippen molar-refractivity contribution in [3.05, 3.63) is 65.7 Å². The maximum atomic E-state index is 5.50. The van der Waals surface area contributed by atoms with Gasteiger partial charge >= 0.3 is 0 Å². The zero-order chi connectivity index (χ0) is 18.8. The van der Waals surface area contributed by atoms with Crippen LogP contribution in [0.4, 0.5) is 0 Å². The van der Waals surface area contributed by atoms with E-state index in [1.54, 1.807) is 16.2 Å². The third kappa shape index (κ3) is 3.49. The molecule has 0 atom stereocenters.